The Kier molecular flexibility index (Phi) is 6.67. The number of anilines is 1. The third kappa shape index (κ3) is 5.07. The van der Waals surface area contributed by atoms with E-state index in [0.29, 0.717) is 11.3 Å². The molecule has 0 saturated carbocycles. The van der Waals surface area contributed by atoms with Gasteiger partial charge in [0.25, 0.3) is 0 Å². The fourth-order valence-corrected chi connectivity index (χ4v) is 3.91. The van der Waals surface area contributed by atoms with Crippen LogP contribution in [0.1, 0.15) is 10.4 Å². The lowest BCUT2D eigenvalue weighted by molar-refractivity contribution is -0.113. The molecule has 0 bridgehead atoms. The smallest absolute Gasteiger partial charge is 0.337 e. The summed E-state index contributed by atoms with van der Waals surface area (Å²) in [7, 11) is 1.33. The van der Waals surface area contributed by atoms with Crippen LogP contribution in [0.25, 0.3) is 16.9 Å². The van der Waals surface area contributed by atoms with E-state index in [9.17, 15) is 9.59 Å². The molecule has 0 saturated heterocycles. The number of nitrogens with one attached hydrogen (secondary N) is 1. The maximum Gasteiger partial charge on any atom is 0.337 e. The highest BCUT2D eigenvalue weighted by Gasteiger charge is 2.14. The van der Waals surface area contributed by atoms with E-state index in [4.69, 9.17) is 4.98 Å². The number of nitrogens with zero attached hydrogens (tertiary/aromatic N) is 2. The van der Waals surface area contributed by atoms with Gasteiger partial charge in [-0.05, 0) is 36.4 Å². The number of rotatable bonds is 7. The van der Waals surface area contributed by atoms with Crippen molar-refractivity contribution in [2.75, 3.05) is 18.2 Å². The van der Waals surface area contributed by atoms with E-state index in [0.717, 1.165) is 22.1 Å². The maximum atomic E-state index is 12.5. The molecule has 6 nitrogen and oxygen atoms in total. The van der Waals surface area contributed by atoms with E-state index in [1.165, 1.54) is 18.9 Å². The van der Waals surface area contributed by atoms with E-state index < -0.39 is 5.97 Å². The van der Waals surface area contributed by atoms with E-state index in [-0.39, 0.29) is 11.7 Å². The Hall–Kier alpha value is -3.84. The standard InChI is InChI=1S/C25H21N3O3S/c1-31-24(30)19-12-14-20(15-13-19)26-23(29)17-32-25-27-22(18-8-4-2-5-9-18)16-28(25)21-10-6-3-7-11-21/h2-16H,17H2,1H3,(H,26,29). The molecule has 4 rings (SSSR count). The van der Waals surface area contributed by atoms with E-state index in [1.54, 1.807) is 24.3 Å². The van der Waals surface area contributed by atoms with Gasteiger partial charge < -0.3 is 10.1 Å². The van der Waals surface area contributed by atoms with Crippen LogP contribution in [0.2, 0.25) is 0 Å². The predicted molar refractivity (Wildman–Crippen MR) is 126 cm³/mol. The lowest BCUT2D eigenvalue weighted by atomic mass is 10.2. The van der Waals surface area contributed by atoms with Crippen molar-refractivity contribution in [1.29, 1.82) is 0 Å². The topological polar surface area (TPSA) is 73.2 Å². The minimum absolute atomic E-state index is 0.162. The highest BCUT2D eigenvalue weighted by molar-refractivity contribution is 7.99. The predicted octanol–water partition coefficient (Wildman–Crippen LogP) is 5.06. The molecule has 0 radical (unpaired) electrons. The fourth-order valence-electron chi connectivity index (χ4n) is 3.12. The average Bonchev–Trinajstić information content (AvgIpc) is 3.28. The SMILES string of the molecule is COC(=O)c1ccc(NC(=O)CSc2nc(-c3ccccc3)cn2-c2ccccc2)cc1. The zero-order valence-electron chi connectivity index (χ0n) is 17.4. The molecule has 1 heterocycles. The Morgan fingerprint density at radius 1 is 0.938 bits per heavy atom. The third-order valence-corrected chi connectivity index (χ3v) is 5.65. The van der Waals surface area contributed by atoms with Crippen molar-refractivity contribution in [3.05, 3.63) is 96.7 Å². The van der Waals surface area contributed by atoms with Gasteiger partial charge in [0, 0.05) is 23.1 Å². The number of hydrogen-bond donors (Lipinski definition) is 1. The minimum atomic E-state index is -0.416. The summed E-state index contributed by atoms with van der Waals surface area (Å²) in [5, 5.41) is 3.57. The highest BCUT2D eigenvalue weighted by atomic mass is 32.2. The van der Waals surface area contributed by atoms with Gasteiger partial charge >= 0.3 is 5.97 Å². The second-order valence-electron chi connectivity index (χ2n) is 6.89. The van der Waals surface area contributed by atoms with Crippen molar-refractivity contribution in [3.8, 4) is 16.9 Å². The normalized spacial score (nSPS) is 10.5. The van der Waals surface area contributed by atoms with Crippen LogP contribution in [-0.2, 0) is 9.53 Å². The van der Waals surface area contributed by atoms with Gasteiger partial charge in [-0.15, -0.1) is 0 Å². The van der Waals surface area contributed by atoms with Gasteiger partial charge in [-0.3, -0.25) is 9.36 Å². The molecule has 160 valence electrons. The highest BCUT2D eigenvalue weighted by Crippen LogP contribution is 2.27. The van der Waals surface area contributed by atoms with Gasteiger partial charge in [0.15, 0.2) is 5.16 Å². The number of imidazole rings is 1. The Morgan fingerprint density at radius 3 is 2.25 bits per heavy atom. The van der Waals surface area contributed by atoms with Crippen LogP contribution in [0.4, 0.5) is 5.69 Å². The number of aromatic nitrogens is 2. The molecule has 32 heavy (non-hydrogen) atoms. The number of carbonyl (C=O) groups excluding carboxylic acids is 2. The number of hydrogen-bond acceptors (Lipinski definition) is 5. The molecule has 0 spiro atoms. The summed E-state index contributed by atoms with van der Waals surface area (Å²) in [5.74, 6) is -0.387. The molecule has 0 atom stereocenters. The average molecular weight is 444 g/mol. The lowest BCUT2D eigenvalue weighted by Gasteiger charge is -2.08. The van der Waals surface area contributed by atoms with Gasteiger partial charge in [0.1, 0.15) is 0 Å². The summed E-state index contributed by atoms with van der Waals surface area (Å²) in [4.78, 5) is 28.8. The molecule has 0 aliphatic carbocycles. The van der Waals surface area contributed by atoms with Crippen molar-refractivity contribution in [3.63, 3.8) is 0 Å². The Balaban J connectivity index is 1.49. The van der Waals surface area contributed by atoms with Crippen molar-refractivity contribution in [2.24, 2.45) is 0 Å². The number of methoxy groups -OCH3 is 1. The lowest BCUT2D eigenvalue weighted by Crippen LogP contribution is -2.14. The Labute approximate surface area is 190 Å². The van der Waals surface area contributed by atoms with Crippen LogP contribution in [0.3, 0.4) is 0 Å². The summed E-state index contributed by atoms with van der Waals surface area (Å²) in [6.07, 6.45) is 1.98. The van der Waals surface area contributed by atoms with E-state index in [2.05, 4.69) is 10.1 Å². The quantitative estimate of drug-likeness (QED) is 0.319. The van der Waals surface area contributed by atoms with Gasteiger partial charge in [-0.2, -0.15) is 0 Å². The van der Waals surface area contributed by atoms with Crippen molar-refractivity contribution in [2.45, 2.75) is 5.16 Å². The minimum Gasteiger partial charge on any atom is -0.465 e. The summed E-state index contributed by atoms with van der Waals surface area (Å²) in [6.45, 7) is 0. The molecule has 0 unspecified atom stereocenters. The zero-order chi connectivity index (χ0) is 22.3. The first-order chi connectivity index (χ1) is 15.6. The zero-order valence-corrected chi connectivity index (χ0v) is 18.2. The first kappa shape index (κ1) is 21.4. The molecule has 4 aromatic rings. The summed E-state index contributed by atoms with van der Waals surface area (Å²) in [6, 6.07) is 26.4. The molecule has 0 fully saturated rings. The fraction of sp³-hybridized carbons (Fsp3) is 0.0800. The third-order valence-electron chi connectivity index (χ3n) is 4.70. The number of thioether (sulfide) groups is 1. The van der Waals surface area contributed by atoms with Gasteiger partial charge in [0.2, 0.25) is 5.91 Å². The summed E-state index contributed by atoms with van der Waals surface area (Å²) < 4.78 is 6.68. The molecule has 1 aromatic heterocycles. The summed E-state index contributed by atoms with van der Waals surface area (Å²) >= 11 is 1.36. The number of carbonyl (C=O) groups is 2. The van der Waals surface area contributed by atoms with Gasteiger partial charge in [-0.1, -0.05) is 60.3 Å². The molecule has 0 aliphatic heterocycles. The second kappa shape index (κ2) is 9.98. The first-order valence-electron chi connectivity index (χ1n) is 9.95. The monoisotopic (exact) mass is 443 g/mol. The largest absolute Gasteiger partial charge is 0.465 e. The van der Waals surface area contributed by atoms with Crippen LogP contribution in [0.15, 0.2) is 96.3 Å². The molecule has 1 N–H and O–H groups in total. The molecular formula is C25H21N3O3S. The van der Waals surface area contributed by atoms with E-state index >= 15 is 0 Å². The molecule has 1 amide bonds. The molecule has 0 aliphatic rings. The van der Waals surface area contributed by atoms with Crippen LogP contribution in [0.5, 0.6) is 0 Å². The number of ether oxygens (including phenoxy) is 1. The number of para-hydroxylation sites is 1. The second-order valence-corrected chi connectivity index (χ2v) is 7.83. The van der Waals surface area contributed by atoms with Crippen molar-refractivity contribution < 1.29 is 14.3 Å². The van der Waals surface area contributed by atoms with Crippen LogP contribution in [-0.4, -0.2) is 34.3 Å². The van der Waals surface area contributed by atoms with Crippen molar-refractivity contribution >= 4 is 29.3 Å². The number of benzene rings is 3. The molecular weight excluding hydrogens is 422 g/mol. The molecule has 7 heteroatoms. The number of amides is 1. The Morgan fingerprint density at radius 2 is 1.59 bits per heavy atom. The maximum absolute atomic E-state index is 12.5. The number of esters is 1. The first-order valence-corrected chi connectivity index (χ1v) is 10.9. The van der Waals surface area contributed by atoms with Crippen LogP contribution >= 0.6 is 11.8 Å². The Bertz CT molecular complexity index is 1210. The summed E-state index contributed by atoms with van der Waals surface area (Å²) in [5.41, 5.74) is 3.87. The van der Waals surface area contributed by atoms with Crippen molar-refractivity contribution in [1.82, 2.24) is 9.55 Å². The van der Waals surface area contributed by atoms with E-state index in [1.807, 2.05) is 71.4 Å². The molecule has 3 aromatic carbocycles. The van der Waals surface area contributed by atoms with Crippen LogP contribution < -0.4 is 5.32 Å². The van der Waals surface area contributed by atoms with Gasteiger partial charge in [-0.25, -0.2) is 9.78 Å². The van der Waals surface area contributed by atoms with Gasteiger partial charge in [0.05, 0.1) is 24.1 Å². The van der Waals surface area contributed by atoms with Crippen LogP contribution in [0, 0.1) is 0 Å².